The van der Waals surface area contributed by atoms with Gasteiger partial charge in [-0.1, -0.05) is 12.1 Å². The van der Waals surface area contributed by atoms with E-state index in [0.717, 1.165) is 0 Å². The normalized spacial score (nSPS) is 14.7. The van der Waals surface area contributed by atoms with E-state index in [1.54, 1.807) is 38.1 Å². The Labute approximate surface area is 182 Å². The Kier molecular flexibility index (Phi) is 7.49. The second-order valence-electron chi connectivity index (χ2n) is 8.28. The van der Waals surface area contributed by atoms with Gasteiger partial charge in [-0.3, -0.25) is 4.79 Å². The lowest BCUT2D eigenvalue weighted by molar-refractivity contribution is -0.137. The van der Waals surface area contributed by atoms with Gasteiger partial charge in [0.05, 0.1) is 31.3 Å². The average molecular weight is 431 g/mol. The number of hydrogen-bond acceptors (Lipinski definition) is 7. The van der Waals surface area contributed by atoms with Crippen LogP contribution in [0.3, 0.4) is 0 Å². The number of rotatable bonds is 6. The molecule has 1 aromatic carbocycles. The number of carbonyl (C=O) groups is 3. The summed E-state index contributed by atoms with van der Waals surface area (Å²) < 4.78 is 15.6. The van der Waals surface area contributed by atoms with Gasteiger partial charge in [0, 0.05) is 16.9 Å². The number of methoxy groups -OCH3 is 2. The third-order valence-corrected chi connectivity index (χ3v) is 4.65. The summed E-state index contributed by atoms with van der Waals surface area (Å²) in [6.45, 7) is 8.98. The Morgan fingerprint density at radius 3 is 2.03 bits per heavy atom. The Bertz CT molecular complexity index is 902. The molecule has 0 unspecified atom stereocenters. The van der Waals surface area contributed by atoms with Crippen molar-refractivity contribution < 1.29 is 28.6 Å². The minimum Gasteiger partial charge on any atom is -0.484 e. The van der Waals surface area contributed by atoms with Crippen LogP contribution in [0.5, 0.6) is 5.75 Å². The predicted molar refractivity (Wildman–Crippen MR) is 115 cm³/mol. The molecule has 31 heavy (non-hydrogen) atoms. The zero-order valence-electron chi connectivity index (χ0n) is 19.0. The van der Waals surface area contributed by atoms with Crippen LogP contribution in [-0.4, -0.2) is 44.2 Å². The number of carbonyl (C=O) groups excluding carboxylic acids is 3. The topological polar surface area (TPSA) is 103 Å². The van der Waals surface area contributed by atoms with E-state index in [9.17, 15) is 14.4 Å². The van der Waals surface area contributed by atoms with E-state index in [1.165, 1.54) is 14.2 Å². The highest BCUT2D eigenvalue weighted by Crippen LogP contribution is 2.40. The SMILES string of the molecule is COC(=O)C1=C(C)NC(C)=C(C(=O)OC)C1c1cccc(OCC(=O)NC(C)(C)C)c1. The van der Waals surface area contributed by atoms with Gasteiger partial charge in [0.15, 0.2) is 6.61 Å². The molecule has 0 atom stereocenters. The van der Waals surface area contributed by atoms with Gasteiger partial charge < -0.3 is 24.8 Å². The van der Waals surface area contributed by atoms with Crippen LogP contribution in [0.2, 0.25) is 0 Å². The Morgan fingerprint density at radius 2 is 1.55 bits per heavy atom. The molecule has 0 aromatic heterocycles. The molecule has 0 bridgehead atoms. The molecule has 1 aromatic rings. The lowest BCUT2D eigenvalue weighted by atomic mass is 9.80. The zero-order valence-corrected chi connectivity index (χ0v) is 19.0. The maximum absolute atomic E-state index is 12.6. The summed E-state index contributed by atoms with van der Waals surface area (Å²) in [6, 6.07) is 6.93. The molecular weight excluding hydrogens is 400 g/mol. The summed E-state index contributed by atoms with van der Waals surface area (Å²) in [5.41, 5.74) is 2.03. The maximum Gasteiger partial charge on any atom is 0.336 e. The molecule has 0 fully saturated rings. The molecule has 0 radical (unpaired) electrons. The largest absolute Gasteiger partial charge is 0.484 e. The van der Waals surface area contributed by atoms with E-state index in [2.05, 4.69) is 10.6 Å². The standard InChI is InChI=1S/C23H30N2O6/c1-13-18(21(27)29-6)20(19(14(2)24-13)22(28)30-7)15-9-8-10-16(11-15)31-12-17(26)25-23(3,4)5/h8-11,20,24H,12H2,1-7H3,(H,25,26). The van der Waals surface area contributed by atoms with Crippen molar-refractivity contribution >= 4 is 17.8 Å². The number of hydrogen-bond donors (Lipinski definition) is 2. The second-order valence-corrected chi connectivity index (χ2v) is 8.28. The van der Waals surface area contributed by atoms with Gasteiger partial charge in [0.25, 0.3) is 5.91 Å². The highest BCUT2D eigenvalue weighted by atomic mass is 16.5. The maximum atomic E-state index is 12.6. The fraction of sp³-hybridized carbons (Fsp3) is 0.435. The van der Waals surface area contributed by atoms with Crippen molar-refractivity contribution in [2.24, 2.45) is 0 Å². The van der Waals surface area contributed by atoms with Crippen LogP contribution in [0, 0.1) is 0 Å². The van der Waals surface area contributed by atoms with Gasteiger partial charge in [-0.15, -0.1) is 0 Å². The van der Waals surface area contributed by atoms with Crippen LogP contribution in [0.15, 0.2) is 46.8 Å². The molecule has 2 N–H and O–H groups in total. The minimum absolute atomic E-state index is 0.162. The van der Waals surface area contributed by atoms with Crippen molar-refractivity contribution in [2.75, 3.05) is 20.8 Å². The number of amides is 1. The molecule has 1 amide bonds. The van der Waals surface area contributed by atoms with E-state index in [1.807, 2.05) is 20.8 Å². The van der Waals surface area contributed by atoms with Gasteiger partial charge in [-0.25, -0.2) is 9.59 Å². The van der Waals surface area contributed by atoms with E-state index in [-0.39, 0.29) is 18.1 Å². The van der Waals surface area contributed by atoms with Crippen molar-refractivity contribution in [3.8, 4) is 5.75 Å². The first-order valence-electron chi connectivity index (χ1n) is 9.87. The smallest absolute Gasteiger partial charge is 0.336 e. The number of allylic oxidation sites excluding steroid dienone is 2. The molecule has 8 nitrogen and oxygen atoms in total. The molecular formula is C23H30N2O6. The van der Waals surface area contributed by atoms with Gasteiger partial charge in [0.2, 0.25) is 0 Å². The molecule has 0 saturated carbocycles. The van der Waals surface area contributed by atoms with E-state index in [4.69, 9.17) is 14.2 Å². The molecule has 168 valence electrons. The van der Waals surface area contributed by atoms with Crippen molar-refractivity contribution in [1.82, 2.24) is 10.6 Å². The second kappa shape index (κ2) is 9.68. The Morgan fingerprint density at radius 1 is 1.00 bits per heavy atom. The fourth-order valence-corrected chi connectivity index (χ4v) is 3.48. The van der Waals surface area contributed by atoms with Crippen LogP contribution in [0.1, 0.15) is 46.1 Å². The summed E-state index contributed by atoms with van der Waals surface area (Å²) in [5, 5.41) is 5.89. The van der Waals surface area contributed by atoms with Crippen LogP contribution in [0.4, 0.5) is 0 Å². The molecule has 2 rings (SSSR count). The summed E-state index contributed by atoms with van der Waals surface area (Å²) in [4.78, 5) is 37.2. The van der Waals surface area contributed by atoms with Crippen molar-refractivity contribution in [3.63, 3.8) is 0 Å². The van der Waals surface area contributed by atoms with E-state index >= 15 is 0 Å². The summed E-state index contributed by atoms with van der Waals surface area (Å²) in [7, 11) is 2.58. The average Bonchev–Trinajstić information content (AvgIpc) is 2.69. The van der Waals surface area contributed by atoms with Crippen LogP contribution in [0.25, 0.3) is 0 Å². The molecule has 0 spiro atoms. The molecule has 0 saturated heterocycles. The van der Waals surface area contributed by atoms with Crippen molar-refractivity contribution in [3.05, 3.63) is 52.4 Å². The Balaban J connectivity index is 2.43. The first-order valence-corrected chi connectivity index (χ1v) is 9.87. The van der Waals surface area contributed by atoms with Crippen molar-refractivity contribution in [2.45, 2.75) is 46.1 Å². The quantitative estimate of drug-likeness (QED) is 0.669. The van der Waals surface area contributed by atoms with Crippen LogP contribution < -0.4 is 15.4 Å². The molecule has 8 heteroatoms. The zero-order chi connectivity index (χ0) is 23.3. The van der Waals surface area contributed by atoms with Gasteiger partial charge in [-0.2, -0.15) is 0 Å². The third-order valence-electron chi connectivity index (χ3n) is 4.65. The first-order chi connectivity index (χ1) is 14.5. The third kappa shape index (κ3) is 5.87. The number of benzene rings is 1. The Hall–Kier alpha value is -3.29. The number of dihydropyridines is 1. The summed E-state index contributed by atoms with van der Waals surface area (Å²) >= 11 is 0. The number of esters is 2. The molecule has 1 heterocycles. The summed E-state index contributed by atoms with van der Waals surface area (Å²) in [5.74, 6) is -1.65. The highest BCUT2D eigenvalue weighted by molar-refractivity contribution is 5.99. The molecule has 0 aliphatic carbocycles. The lowest BCUT2D eigenvalue weighted by Crippen LogP contribution is -2.43. The highest BCUT2D eigenvalue weighted by Gasteiger charge is 2.37. The number of nitrogens with one attached hydrogen (secondary N) is 2. The number of ether oxygens (including phenoxy) is 3. The van der Waals surface area contributed by atoms with Crippen LogP contribution >= 0.6 is 0 Å². The van der Waals surface area contributed by atoms with Gasteiger partial charge in [0.1, 0.15) is 5.75 Å². The first kappa shape index (κ1) is 24.0. The van der Waals surface area contributed by atoms with E-state index in [0.29, 0.717) is 33.9 Å². The van der Waals surface area contributed by atoms with Gasteiger partial charge in [-0.05, 0) is 52.3 Å². The molecule has 1 aliphatic heterocycles. The predicted octanol–water partition coefficient (Wildman–Crippen LogP) is 2.56. The van der Waals surface area contributed by atoms with Gasteiger partial charge >= 0.3 is 11.9 Å². The van der Waals surface area contributed by atoms with E-state index < -0.39 is 17.9 Å². The van der Waals surface area contributed by atoms with Crippen LogP contribution in [-0.2, 0) is 23.9 Å². The fourth-order valence-electron chi connectivity index (χ4n) is 3.48. The molecule has 1 aliphatic rings. The minimum atomic E-state index is -0.715. The lowest BCUT2D eigenvalue weighted by Gasteiger charge is -2.30. The van der Waals surface area contributed by atoms with Crippen molar-refractivity contribution in [1.29, 1.82) is 0 Å². The summed E-state index contributed by atoms with van der Waals surface area (Å²) in [6.07, 6.45) is 0. The monoisotopic (exact) mass is 430 g/mol.